The summed E-state index contributed by atoms with van der Waals surface area (Å²) in [6.07, 6.45) is 0. The van der Waals surface area contributed by atoms with Gasteiger partial charge in [-0.3, -0.25) is 0 Å². The summed E-state index contributed by atoms with van der Waals surface area (Å²) in [5.74, 6) is 0.543. The average Bonchev–Trinajstić information content (AvgIpc) is 2.75. The first kappa shape index (κ1) is 18.9. The molecule has 1 aromatic heterocycles. The summed E-state index contributed by atoms with van der Waals surface area (Å²) in [4.78, 5) is 12.6. The molecule has 0 bridgehead atoms. The highest BCUT2D eigenvalue weighted by molar-refractivity contribution is 5.87. The van der Waals surface area contributed by atoms with Crippen LogP contribution in [0.3, 0.4) is 0 Å². The molecule has 0 saturated heterocycles. The number of hydrogen-bond acceptors (Lipinski definition) is 5. The Hall–Kier alpha value is -3.41. The van der Waals surface area contributed by atoms with Crippen LogP contribution in [0.25, 0.3) is 33.2 Å². The number of phenols is 1. The van der Waals surface area contributed by atoms with E-state index in [9.17, 15) is 20.1 Å². The minimum atomic E-state index is -0.524. The summed E-state index contributed by atoms with van der Waals surface area (Å²) < 4.78 is 5.55. The third-order valence-corrected chi connectivity index (χ3v) is 5.09. The summed E-state index contributed by atoms with van der Waals surface area (Å²) >= 11 is 0. The molecular weight excluding hydrogens is 368 g/mol. The van der Waals surface area contributed by atoms with Gasteiger partial charge >= 0.3 is 5.63 Å². The Kier molecular flexibility index (Phi) is 4.92. The van der Waals surface area contributed by atoms with Crippen molar-refractivity contribution < 1.29 is 19.7 Å². The highest BCUT2D eigenvalue weighted by Crippen LogP contribution is 2.36. The molecule has 0 amide bonds. The molecule has 29 heavy (non-hydrogen) atoms. The maximum absolute atomic E-state index is 12.6. The zero-order valence-electron chi connectivity index (χ0n) is 15.8. The van der Waals surface area contributed by atoms with Crippen LogP contribution in [0.4, 0.5) is 0 Å². The average molecular weight is 388 g/mol. The lowest BCUT2D eigenvalue weighted by Gasteiger charge is -2.12. The van der Waals surface area contributed by atoms with Crippen LogP contribution in [0.15, 0.2) is 69.9 Å². The van der Waals surface area contributed by atoms with Gasteiger partial charge in [0.1, 0.15) is 11.5 Å². The molecular formula is C24H20O5. The standard InChI is InChI=1S/C24H20O5/c1-14-7-17(9-20(23(14)27)15-5-3-2-4-6-15)22-11-16-8-18(12-25)19(13-26)10-21(16)24(28)29-22/h2-11,25-27H,12-13H2,1H3. The van der Waals surface area contributed by atoms with E-state index in [1.165, 1.54) is 0 Å². The molecule has 1 heterocycles. The summed E-state index contributed by atoms with van der Waals surface area (Å²) in [6.45, 7) is 1.28. The Balaban J connectivity index is 1.93. The van der Waals surface area contributed by atoms with Crippen molar-refractivity contribution in [2.24, 2.45) is 0 Å². The predicted octanol–water partition coefficient (Wildman–Crippen LogP) is 4.13. The number of rotatable bonds is 4. The highest BCUT2D eigenvalue weighted by Gasteiger charge is 2.14. The van der Waals surface area contributed by atoms with Crippen LogP contribution in [0, 0.1) is 6.92 Å². The first-order chi connectivity index (χ1) is 14.0. The fourth-order valence-electron chi connectivity index (χ4n) is 3.53. The van der Waals surface area contributed by atoms with Gasteiger partial charge in [-0.05, 0) is 64.9 Å². The number of aryl methyl sites for hydroxylation is 1. The van der Waals surface area contributed by atoms with Gasteiger partial charge < -0.3 is 19.7 Å². The molecule has 0 fully saturated rings. The van der Waals surface area contributed by atoms with Gasteiger partial charge in [0, 0.05) is 11.1 Å². The van der Waals surface area contributed by atoms with Crippen molar-refractivity contribution in [1.29, 1.82) is 0 Å². The van der Waals surface area contributed by atoms with E-state index in [-0.39, 0.29) is 19.0 Å². The van der Waals surface area contributed by atoms with Gasteiger partial charge in [-0.25, -0.2) is 4.79 Å². The highest BCUT2D eigenvalue weighted by atomic mass is 16.4. The number of benzene rings is 3. The van der Waals surface area contributed by atoms with Gasteiger partial charge in [0.2, 0.25) is 0 Å². The van der Waals surface area contributed by atoms with Crippen molar-refractivity contribution in [3.63, 3.8) is 0 Å². The van der Waals surface area contributed by atoms with Crippen LogP contribution in [-0.2, 0) is 13.2 Å². The smallest absolute Gasteiger partial charge is 0.344 e. The maximum atomic E-state index is 12.6. The summed E-state index contributed by atoms with van der Waals surface area (Å²) in [5.41, 5.74) is 3.35. The molecule has 0 aliphatic rings. The zero-order valence-corrected chi connectivity index (χ0v) is 15.8. The Morgan fingerprint density at radius 1 is 0.862 bits per heavy atom. The number of phenolic OH excluding ortho intramolecular Hbond substituents is 1. The van der Waals surface area contributed by atoms with Gasteiger partial charge in [-0.2, -0.15) is 0 Å². The number of fused-ring (bicyclic) bond motifs is 1. The number of aliphatic hydroxyl groups excluding tert-OH is 2. The van der Waals surface area contributed by atoms with Crippen LogP contribution in [0.5, 0.6) is 5.75 Å². The molecule has 5 nitrogen and oxygen atoms in total. The number of hydrogen-bond donors (Lipinski definition) is 3. The predicted molar refractivity (Wildman–Crippen MR) is 112 cm³/mol. The molecule has 0 unspecified atom stereocenters. The SMILES string of the molecule is Cc1cc(-c2cc3cc(CO)c(CO)cc3c(=O)o2)cc(-c2ccccc2)c1O. The topological polar surface area (TPSA) is 90.9 Å². The monoisotopic (exact) mass is 388 g/mol. The fraction of sp³-hybridized carbons (Fsp3) is 0.125. The summed E-state index contributed by atoms with van der Waals surface area (Å²) in [7, 11) is 0. The Bertz CT molecular complexity index is 1260. The molecule has 0 spiro atoms. The summed E-state index contributed by atoms with van der Waals surface area (Å²) in [5, 5.41) is 30.5. The van der Waals surface area contributed by atoms with Gasteiger partial charge in [-0.1, -0.05) is 30.3 Å². The Labute approximate surface area is 167 Å². The van der Waals surface area contributed by atoms with Crippen molar-refractivity contribution in [2.45, 2.75) is 20.1 Å². The lowest BCUT2D eigenvalue weighted by Crippen LogP contribution is -2.04. The van der Waals surface area contributed by atoms with Gasteiger partial charge in [-0.15, -0.1) is 0 Å². The van der Waals surface area contributed by atoms with Crippen molar-refractivity contribution in [3.8, 4) is 28.2 Å². The molecule has 5 heteroatoms. The second-order valence-electron chi connectivity index (χ2n) is 6.98. The lowest BCUT2D eigenvalue weighted by molar-refractivity contribution is 0.260. The van der Waals surface area contributed by atoms with E-state index in [1.54, 1.807) is 37.3 Å². The normalized spacial score (nSPS) is 11.1. The van der Waals surface area contributed by atoms with Gasteiger partial charge in [0.15, 0.2) is 0 Å². The van der Waals surface area contributed by atoms with E-state index in [4.69, 9.17) is 4.42 Å². The largest absolute Gasteiger partial charge is 0.507 e. The van der Waals surface area contributed by atoms with Crippen molar-refractivity contribution >= 4 is 10.8 Å². The molecule has 4 aromatic rings. The quantitative estimate of drug-likeness (QED) is 0.489. The third-order valence-electron chi connectivity index (χ3n) is 5.09. The minimum absolute atomic E-state index is 0.179. The van der Waals surface area contributed by atoms with Crippen LogP contribution < -0.4 is 5.63 Å². The van der Waals surface area contributed by atoms with E-state index in [1.807, 2.05) is 30.3 Å². The second kappa shape index (κ2) is 7.54. The molecule has 146 valence electrons. The van der Waals surface area contributed by atoms with Crippen molar-refractivity contribution in [3.05, 3.63) is 87.8 Å². The van der Waals surface area contributed by atoms with Crippen molar-refractivity contribution in [2.75, 3.05) is 0 Å². The van der Waals surface area contributed by atoms with Crippen LogP contribution >= 0.6 is 0 Å². The Morgan fingerprint density at radius 3 is 2.24 bits per heavy atom. The number of aliphatic hydroxyl groups is 2. The van der Waals surface area contributed by atoms with Gasteiger partial charge in [0.05, 0.1) is 18.6 Å². The van der Waals surface area contributed by atoms with Crippen LogP contribution in [0.1, 0.15) is 16.7 Å². The summed E-state index contributed by atoms with van der Waals surface area (Å²) in [6, 6.07) is 18.0. The first-order valence-corrected chi connectivity index (χ1v) is 9.22. The third kappa shape index (κ3) is 3.42. The molecule has 3 aromatic carbocycles. The van der Waals surface area contributed by atoms with E-state index < -0.39 is 5.63 Å². The van der Waals surface area contributed by atoms with Gasteiger partial charge in [0.25, 0.3) is 0 Å². The first-order valence-electron chi connectivity index (χ1n) is 9.22. The molecule has 0 aliphatic heterocycles. The molecule has 4 rings (SSSR count). The van der Waals surface area contributed by atoms with E-state index in [0.29, 0.717) is 44.3 Å². The fourth-order valence-corrected chi connectivity index (χ4v) is 3.53. The molecule has 3 N–H and O–H groups in total. The van der Waals surface area contributed by atoms with E-state index >= 15 is 0 Å². The minimum Gasteiger partial charge on any atom is -0.507 e. The molecule has 0 atom stereocenters. The molecule has 0 saturated carbocycles. The zero-order chi connectivity index (χ0) is 20.5. The number of aromatic hydroxyl groups is 1. The van der Waals surface area contributed by atoms with Crippen LogP contribution in [0.2, 0.25) is 0 Å². The van der Waals surface area contributed by atoms with E-state index in [0.717, 1.165) is 5.56 Å². The molecule has 0 aliphatic carbocycles. The van der Waals surface area contributed by atoms with Crippen molar-refractivity contribution in [1.82, 2.24) is 0 Å². The maximum Gasteiger partial charge on any atom is 0.344 e. The van der Waals surface area contributed by atoms with E-state index in [2.05, 4.69) is 0 Å². The van der Waals surface area contributed by atoms with Crippen LogP contribution in [-0.4, -0.2) is 15.3 Å². The molecule has 0 radical (unpaired) electrons. The Morgan fingerprint density at radius 2 is 1.55 bits per heavy atom. The second-order valence-corrected chi connectivity index (χ2v) is 6.98. The lowest BCUT2D eigenvalue weighted by atomic mass is 9.96.